The summed E-state index contributed by atoms with van der Waals surface area (Å²) in [5.74, 6) is -1.13. The lowest BCUT2D eigenvalue weighted by molar-refractivity contribution is -0.136. The molecule has 0 aromatic carbocycles. The number of aromatic amines is 1. The SMILES string of the molecule is C=N/C(=C\C(OC)N(CCCCC(F)(F)F)CC(=O)NC1(c2noc(=O)[nH]2)CC1)C1(C)C=CC(C(F)(F)F)=CC1. The van der Waals surface area contributed by atoms with Crippen LogP contribution in [0, 0.1) is 5.41 Å². The van der Waals surface area contributed by atoms with Crippen LogP contribution in [0.5, 0.6) is 0 Å². The van der Waals surface area contributed by atoms with E-state index >= 15 is 0 Å². The summed E-state index contributed by atoms with van der Waals surface area (Å²) in [6.07, 6.45) is -5.13. The van der Waals surface area contributed by atoms with Crippen LogP contribution in [0.2, 0.25) is 0 Å². The number of hydrogen-bond acceptors (Lipinski definition) is 7. The average molecular weight is 580 g/mol. The van der Waals surface area contributed by atoms with E-state index in [0.29, 0.717) is 12.8 Å². The van der Waals surface area contributed by atoms with Crippen molar-refractivity contribution < 1.29 is 40.4 Å². The number of hydrogen-bond donors (Lipinski definition) is 2. The predicted octanol–water partition coefficient (Wildman–Crippen LogP) is 4.51. The largest absolute Gasteiger partial charge is 0.438 e. The molecular weight excluding hydrogens is 548 g/mol. The Hall–Kier alpha value is -3.20. The molecule has 1 heterocycles. The van der Waals surface area contributed by atoms with Crippen LogP contribution >= 0.6 is 0 Å². The van der Waals surface area contributed by atoms with Gasteiger partial charge in [0.05, 0.1) is 12.1 Å². The third kappa shape index (κ3) is 8.16. The van der Waals surface area contributed by atoms with Crippen LogP contribution in [-0.2, 0) is 15.1 Å². The van der Waals surface area contributed by atoms with Crippen molar-refractivity contribution in [3.8, 4) is 0 Å². The number of nitrogens with zero attached hydrogens (tertiary/aromatic N) is 3. The number of carbonyl (C=O) groups is 1. The Bertz CT molecular complexity index is 1210. The fraction of sp³-hybridized carbons (Fsp3) is 0.600. The lowest BCUT2D eigenvalue weighted by atomic mass is 9.78. The maximum atomic E-state index is 13.1. The molecule has 1 fully saturated rings. The molecule has 15 heteroatoms. The van der Waals surface area contributed by atoms with Gasteiger partial charge in [-0.1, -0.05) is 30.3 Å². The van der Waals surface area contributed by atoms with Gasteiger partial charge in [-0.05, 0) is 44.9 Å². The number of halogens is 6. The van der Waals surface area contributed by atoms with E-state index in [0.717, 1.165) is 12.2 Å². The number of alkyl halides is 6. The number of aliphatic imine (C=N–C) groups is 1. The second-order valence-corrected chi connectivity index (χ2v) is 10.1. The molecule has 0 saturated heterocycles. The van der Waals surface area contributed by atoms with Crippen molar-refractivity contribution in [1.82, 2.24) is 20.4 Å². The topological polar surface area (TPSA) is 113 Å². The van der Waals surface area contributed by atoms with Gasteiger partial charge in [0, 0.05) is 31.2 Å². The summed E-state index contributed by atoms with van der Waals surface area (Å²) >= 11 is 0. The van der Waals surface area contributed by atoms with Crippen LogP contribution < -0.4 is 11.1 Å². The van der Waals surface area contributed by atoms with Gasteiger partial charge in [0.15, 0.2) is 5.82 Å². The predicted molar refractivity (Wildman–Crippen MR) is 132 cm³/mol. The minimum Gasteiger partial charge on any atom is -0.363 e. The molecule has 2 unspecified atom stereocenters. The van der Waals surface area contributed by atoms with Crippen molar-refractivity contribution >= 4 is 12.6 Å². The zero-order chi connectivity index (χ0) is 29.8. The number of rotatable bonds is 13. The second kappa shape index (κ2) is 12.1. The zero-order valence-electron chi connectivity index (χ0n) is 22.0. The molecule has 1 saturated carbocycles. The van der Waals surface area contributed by atoms with Gasteiger partial charge < -0.3 is 10.1 Å². The van der Waals surface area contributed by atoms with Crippen molar-refractivity contribution in [1.29, 1.82) is 0 Å². The summed E-state index contributed by atoms with van der Waals surface area (Å²) < 4.78 is 87.4. The third-order valence-electron chi connectivity index (χ3n) is 6.89. The molecule has 0 radical (unpaired) electrons. The Balaban J connectivity index is 1.79. The summed E-state index contributed by atoms with van der Waals surface area (Å²) in [6, 6.07) is 0. The Labute approximate surface area is 226 Å². The first-order chi connectivity index (χ1) is 18.6. The van der Waals surface area contributed by atoms with E-state index in [4.69, 9.17) is 4.74 Å². The highest BCUT2D eigenvalue weighted by atomic mass is 19.4. The van der Waals surface area contributed by atoms with E-state index in [1.54, 1.807) is 6.92 Å². The van der Waals surface area contributed by atoms with Crippen molar-refractivity contribution in [3.05, 3.63) is 51.9 Å². The van der Waals surface area contributed by atoms with Crippen LogP contribution in [0.3, 0.4) is 0 Å². The Kier molecular flexibility index (Phi) is 9.50. The van der Waals surface area contributed by atoms with Gasteiger partial charge >= 0.3 is 18.1 Å². The highest BCUT2D eigenvalue weighted by Crippen LogP contribution is 2.43. The lowest BCUT2D eigenvalue weighted by Crippen LogP contribution is -2.47. The number of ether oxygens (including phenoxy) is 1. The summed E-state index contributed by atoms with van der Waals surface area (Å²) in [5.41, 5.74) is -2.41. The van der Waals surface area contributed by atoms with E-state index in [1.807, 2.05) is 0 Å². The van der Waals surface area contributed by atoms with E-state index in [-0.39, 0.29) is 43.9 Å². The van der Waals surface area contributed by atoms with Crippen LogP contribution in [-0.4, -0.2) is 66.4 Å². The molecular formula is C25H31F6N5O4. The van der Waals surface area contributed by atoms with Crippen LogP contribution in [0.1, 0.15) is 51.3 Å². The van der Waals surface area contributed by atoms with E-state index in [9.17, 15) is 35.9 Å². The van der Waals surface area contributed by atoms with Gasteiger partial charge in [-0.2, -0.15) is 26.3 Å². The average Bonchev–Trinajstić information content (AvgIpc) is 3.50. The molecule has 0 aliphatic heterocycles. The summed E-state index contributed by atoms with van der Waals surface area (Å²) in [4.78, 5) is 32.3. The van der Waals surface area contributed by atoms with Gasteiger partial charge in [-0.15, -0.1) is 0 Å². The molecule has 0 bridgehead atoms. The molecule has 1 aromatic rings. The standard InChI is InChI=1S/C25H31F6N5O4/c1-22(9-6-16(7-10-22)25(29,30)31)17(32-2)14-19(39-3)36(13-5-4-8-24(26,27)28)15-18(37)34-23(11-12-23)20-33-21(38)40-35-20/h6-7,9,14,19H,2,4-5,8,10-13,15H2,1,3H3,(H,34,37)(H,33,35,38)/b17-14-. The monoisotopic (exact) mass is 579 g/mol. The van der Waals surface area contributed by atoms with Gasteiger partial charge in [0.2, 0.25) is 5.91 Å². The molecule has 9 nitrogen and oxygen atoms in total. The summed E-state index contributed by atoms with van der Waals surface area (Å²) in [6.45, 7) is 4.92. The number of H-pyrrole nitrogens is 1. The van der Waals surface area contributed by atoms with E-state index in [2.05, 4.69) is 31.7 Å². The van der Waals surface area contributed by atoms with Gasteiger partial charge in [0.1, 0.15) is 11.8 Å². The highest BCUT2D eigenvalue weighted by Gasteiger charge is 2.49. The van der Waals surface area contributed by atoms with Crippen molar-refractivity contribution in [2.24, 2.45) is 10.4 Å². The zero-order valence-corrected chi connectivity index (χ0v) is 22.0. The molecule has 2 atom stereocenters. The molecule has 3 rings (SSSR count). The maximum Gasteiger partial charge on any atom is 0.438 e. The first kappa shape index (κ1) is 31.3. The second-order valence-electron chi connectivity index (χ2n) is 10.1. The molecule has 1 amide bonds. The fourth-order valence-electron chi connectivity index (χ4n) is 4.42. The van der Waals surface area contributed by atoms with Crippen LogP contribution in [0.4, 0.5) is 26.3 Å². The van der Waals surface area contributed by atoms with Crippen LogP contribution in [0.25, 0.3) is 0 Å². The quantitative estimate of drug-likeness (QED) is 0.154. The summed E-state index contributed by atoms with van der Waals surface area (Å²) in [5, 5.41) is 6.42. The first-order valence-electron chi connectivity index (χ1n) is 12.5. The Morgan fingerprint density at radius 2 is 2.02 bits per heavy atom. The molecule has 1 aromatic heterocycles. The third-order valence-corrected chi connectivity index (χ3v) is 6.89. The molecule has 222 valence electrons. The number of unbranched alkanes of at least 4 members (excludes halogenated alkanes) is 1. The summed E-state index contributed by atoms with van der Waals surface area (Å²) in [7, 11) is 1.33. The van der Waals surface area contributed by atoms with Crippen molar-refractivity contribution in [2.45, 2.75) is 69.6 Å². The van der Waals surface area contributed by atoms with E-state index in [1.165, 1.54) is 24.2 Å². The molecule has 2 aliphatic rings. The molecule has 2 aliphatic carbocycles. The van der Waals surface area contributed by atoms with Gasteiger partial charge in [-0.3, -0.25) is 24.2 Å². The number of carbonyl (C=O) groups excluding carboxylic acids is 1. The Morgan fingerprint density at radius 3 is 2.50 bits per heavy atom. The smallest absolute Gasteiger partial charge is 0.363 e. The molecule has 0 spiro atoms. The number of amides is 1. The maximum absolute atomic E-state index is 13.1. The lowest BCUT2D eigenvalue weighted by Gasteiger charge is -2.33. The molecule has 2 N–H and O–H groups in total. The number of methoxy groups -OCH3 is 1. The van der Waals surface area contributed by atoms with Crippen LogP contribution in [0.15, 0.2) is 49.9 Å². The normalized spacial score (nSPS) is 21.7. The number of aromatic nitrogens is 2. The minimum absolute atomic E-state index is 0.0292. The first-order valence-corrected chi connectivity index (χ1v) is 12.5. The fourth-order valence-corrected chi connectivity index (χ4v) is 4.42. The van der Waals surface area contributed by atoms with Gasteiger partial charge in [0.25, 0.3) is 0 Å². The minimum atomic E-state index is -4.50. The highest BCUT2D eigenvalue weighted by molar-refractivity contribution is 5.79. The number of allylic oxidation sites excluding steroid dienone is 4. The Morgan fingerprint density at radius 1 is 1.32 bits per heavy atom. The van der Waals surface area contributed by atoms with Crippen molar-refractivity contribution in [3.63, 3.8) is 0 Å². The number of nitrogens with one attached hydrogen (secondary N) is 2. The molecule has 40 heavy (non-hydrogen) atoms. The van der Waals surface area contributed by atoms with E-state index < -0.39 is 53.2 Å². The van der Waals surface area contributed by atoms with Crippen molar-refractivity contribution in [2.75, 3.05) is 20.2 Å². The van der Waals surface area contributed by atoms with Gasteiger partial charge in [-0.25, -0.2) is 4.79 Å².